The predicted molar refractivity (Wildman–Crippen MR) is 71.5 cm³/mol. The maximum absolute atomic E-state index is 5.46. The molecule has 0 aromatic carbocycles. The predicted octanol–water partition coefficient (Wildman–Crippen LogP) is 1.46. The maximum atomic E-state index is 5.46. The van der Waals surface area contributed by atoms with Crippen molar-refractivity contribution in [3.05, 3.63) is 11.7 Å². The van der Waals surface area contributed by atoms with E-state index in [1.165, 1.54) is 12.2 Å². The number of rotatable bonds is 2. The molecule has 5 nitrogen and oxygen atoms in total. The van der Waals surface area contributed by atoms with Crippen molar-refractivity contribution in [3.8, 4) is 0 Å². The minimum atomic E-state index is 0.243. The van der Waals surface area contributed by atoms with E-state index in [0.717, 1.165) is 30.6 Å². The molecule has 18 heavy (non-hydrogen) atoms. The second kappa shape index (κ2) is 5.19. The highest BCUT2D eigenvalue weighted by Crippen LogP contribution is 2.30. The number of hydrogen-bond acceptors (Lipinski definition) is 6. The van der Waals surface area contributed by atoms with Crippen molar-refractivity contribution < 1.29 is 4.52 Å². The van der Waals surface area contributed by atoms with Crippen LogP contribution < -0.4 is 5.32 Å². The van der Waals surface area contributed by atoms with Crippen molar-refractivity contribution in [3.63, 3.8) is 0 Å². The van der Waals surface area contributed by atoms with Crippen molar-refractivity contribution in [2.24, 2.45) is 5.92 Å². The van der Waals surface area contributed by atoms with Crippen LogP contribution in [0.3, 0.4) is 0 Å². The first-order valence-electron chi connectivity index (χ1n) is 6.60. The average molecular weight is 268 g/mol. The van der Waals surface area contributed by atoms with Crippen molar-refractivity contribution >= 4 is 11.8 Å². The van der Waals surface area contributed by atoms with Gasteiger partial charge in [0.05, 0.1) is 12.1 Å². The Labute approximate surface area is 112 Å². The van der Waals surface area contributed by atoms with Crippen LogP contribution in [0.4, 0.5) is 0 Å². The Balaban J connectivity index is 1.76. The van der Waals surface area contributed by atoms with Crippen LogP contribution >= 0.6 is 11.8 Å². The zero-order chi connectivity index (χ0) is 12.5. The lowest BCUT2D eigenvalue weighted by Crippen LogP contribution is -2.33. The zero-order valence-electron chi connectivity index (χ0n) is 10.9. The van der Waals surface area contributed by atoms with Crippen LogP contribution in [0.2, 0.25) is 0 Å². The molecule has 2 aliphatic rings. The van der Waals surface area contributed by atoms with Gasteiger partial charge in [0.25, 0.3) is 0 Å². The third kappa shape index (κ3) is 2.29. The quantitative estimate of drug-likeness (QED) is 0.876. The number of aromatic nitrogens is 2. The molecule has 3 atom stereocenters. The molecule has 0 amide bonds. The maximum Gasteiger partial charge on any atom is 0.244 e. The third-order valence-corrected chi connectivity index (χ3v) is 4.97. The van der Waals surface area contributed by atoms with E-state index in [4.69, 9.17) is 4.52 Å². The lowest BCUT2D eigenvalue weighted by Gasteiger charge is -2.29. The summed E-state index contributed by atoms with van der Waals surface area (Å²) in [7, 11) is 2.14. The molecular weight excluding hydrogens is 248 g/mol. The molecule has 0 bridgehead atoms. The normalized spacial score (nSPS) is 34.0. The molecule has 2 saturated heterocycles. The standard InChI is InChI=1S/C12H20N4OS/c1-8-3-4-13-10(8)12-14-11(15-17-12)9-7-18-6-5-16(9)2/h8-10,13H,3-7H2,1-2H3. The topological polar surface area (TPSA) is 54.2 Å². The Kier molecular flexibility index (Phi) is 3.59. The summed E-state index contributed by atoms with van der Waals surface area (Å²) < 4.78 is 5.46. The fraction of sp³-hybridized carbons (Fsp3) is 0.833. The van der Waals surface area contributed by atoms with Gasteiger partial charge in [0, 0.05) is 18.1 Å². The highest BCUT2D eigenvalue weighted by Gasteiger charge is 2.31. The third-order valence-electron chi connectivity index (χ3n) is 3.95. The second-order valence-corrected chi connectivity index (χ2v) is 6.41. The lowest BCUT2D eigenvalue weighted by atomic mass is 10.0. The lowest BCUT2D eigenvalue weighted by molar-refractivity contribution is 0.254. The highest BCUT2D eigenvalue weighted by atomic mass is 32.2. The van der Waals surface area contributed by atoms with Crippen LogP contribution in [0.15, 0.2) is 4.52 Å². The van der Waals surface area contributed by atoms with Crippen molar-refractivity contribution in [2.75, 3.05) is 31.6 Å². The van der Waals surface area contributed by atoms with E-state index in [-0.39, 0.29) is 6.04 Å². The van der Waals surface area contributed by atoms with Gasteiger partial charge in [-0.15, -0.1) is 0 Å². The Morgan fingerprint density at radius 1 is 1.50 bits per heavy atom. The number of nitrogens with one attached hydrogen (secondary N) is 1. The van der Waals surface area contributed by atoms with Crippen LogP contribution in [0.25, 0.3) is 0 Å². The first-order valence-corrected chi connectivity index (χ1v) is 7.76. The van der Waals surface area contributed by atoms with E-state index >= 15 is 0 Å². The van der Waals surface area contributed by atoms with E-state index in [1.54, 1.807) is 0 Å². The molecule has 1 N–H and O–H groups in total. The minimum Gasteiger partial charge on any atom is -0.338 e. The minimum absolute atomic E-state index is 0.243. The Bertz CT molecular complexity index is 411. The number of nitrogens with zero attached hydrogens (tertiary/aromatic N) is 3. The van der Waals surface area contributed by atoms with Gasteiger partial charge in [0.1, 0.15) is 0 Å². The summed E-state index contributed by atoms with van der Waals surface area (Å²) in [6.07, 6.45) is 1.18. The molecule has 3 rings (SSSR count). The molecule has 100 valence electrons. The summed E-state index contributed by atoms with van der Waals surface area (Å²) in [4.78, 5) is 6.94. The van der Waals surface area contributed by atoms with Crippen LogP contribution in [0, 0.1) is 5.92 Å². The summed E-state index contributed by atoms with van der Waals surface area (Å²) in [6, 6.07) is 0.547. The van der Waals surface area contributed by atoms with Gasteiger partial charge < -0.3 is 9.84 Å². The molecule has 0 radical (unpaired) electrons. The summed E-state index contributed by atoms with van der Waals surface area (Å²) in [5.74, 6) is 4.44. The molecule has 2 aliphatic heterocycles. The molecule has 0 spiro atoms. The van der Waals surface area contributed by atoms with Gasteiger partial charge in [0.2, 0.25) is 5.89 Å². The first kappa shape index (κ1) is 12.4. The van der Waals surface area contributed by atoms with E-state index in [9.17, 15) is 0 Å². The van der Waals surface area contributed by atoms with E-state index in [1.807, 2.05) is 11.8 Å². The molecule has 6 heteroatoms. The van der Waals surface area contributed by atoms with Crippen molar-refractivity contribution in [1.82, 2.24) is 20.4 Å². The zero-order valence-corrected chi connectivity index (χ0v) is 11.7. The van der Waals surface area contributed by atoms with Crippen molar-refractivity contribution in [2.45, 2.75) is 25.4 Å². The molecule has 3 heterocycles. The highest BCUT2D eigenvalue weighted by molar-refractivity contribution is 7.99. The van der Waals surface area contributed by atoms with Gasteiger partial charge in [0.15, 0.2) is 5.82 Å². The Morgan fingerprint density at radius 3 is 3.11 bits per heavy atom. The van der Waals surface area contributed by atoms with Crippen LogP contribution in [0.1, 0.15) is 37.1 Å². The molecule has 0 saturated carbocycles. The van der Waals surface area contributed by atoms with Crippen LogP contribution in [0.5, 0.6) is 0 Å². The smallest absolute Gasteiger partial charge is 0.244 e. The monoisotopic (exact) mass is 268 g/mol. The van der Waals surface area contributed by atoms with E-state index in [0.29, 0.717) is 12.0 Å². The fourth-order valence-electron chi connectivity index (χ4n) is 2.63. The molecule has 1 aromatic rings. The van der Waals surface area contributed by atoms with Gasteiger partial charge in [-0.2, -0.15) is 16.7 Å². The Hall–Kier alpha value is -0.590. The molecule has 2 fully saturated rings. The van der Waals surface area contributed by atoms with Gasteiger partial charge in [-0.1, -0.05) is 12.1 Å². The van der Waals surface area contributed by atoms with Crippen molar-refractivity contribution in [1.29, 1.82) is 0 Å². The molecule has 3 unspecified atom stereocenters. The summed E-state index contributed by atoms with van der Waals surface area (Å²) in [5, 5.41) is 7.62. The van der Waals surface area contributed by atoms with Gasteiger partial charge in [-0.3, -0.25) is 4.90 Å². The number of thioether (sulfide) groups is 1. The van der Waals surface area contributed by atoms with Gasteiger partial charge in [-0.05, 0) is 25.9 Å². The largest absolute Gasteiger partial charge is 0.338 e. The molecule has 1 aromatic heterocycles. The van der Waals surface area contributed by atoms with Gasteiger partial charge >= 0.3 is 0 Å². The summed E-state index contributed by atoms with van der Waals surface area (Å²) in [6.45, 7) is 4.37. The van der Waals surface area contributed by atoms with Crippen LogP contribution in [-0.4, -0.2) is 46.7 Å². The average Bonchev–Trinajstić information content (AvgIpc) is 2.98. The second-order valence-electron chi connectivity index (χ2n) is 5.26. The SMILES string of the molecule is CC1CCNC1c1nc(C2CSCCN2C)no1. The fourth-order valence-corrected chi connectivity index (χ4v) is 3.84. The van der Waals surface area contributed by atoms with E-state index < -0.39 is 0 Å². The Morgan fingerprint density at radius 2 is 2.39 bits per heavy atom. The number of hydrogen-bond donors (Lipinski definition) is 1. The van der Waals surface area contributed by atoms with E-state index in [2.05, 4.69) is 34.3 Å². The van der Waals surface area contributed by atoms with Crippen LogP contribution in [-0.2, 0) is 0 Å². The molecule has 0 aliphatic carbocycles. The molecular formula is C12H20N4OS. The summed E-state index contributed by atoms with van der Waals surface area (Å²) >= 11 is 1.96. The summed E-state index contributed by atoms with van der Waals surface area (Å²) in [5.41, 5.74) is 0. The first-order chi connectivity index (χ1) is 8.75. The van der Waals surface area contributed by atoms with Gasteiger partial charge in [-0.25, -0.2) is 0 Å².